The van der Waals surface area contributed by atoms with Crippen molar-refractivity contribution in [2.45, 2.75) is 6.92 Å². The molecule has 1 amide bonds. The van der Waals surface area contributed by atoms with E-state index < -0.39 is 0 Å². The van der Waals surface area contributed by atoms with Crippen molar-refractivity contribution in [3.8, 4) is 0 Å². The molecule has 0 unspecified atom stereocenters. The van der Waals surface area contributed by atoms with Crippen molar-refractivity contribution in [2.75, 3.05) is 11.9 Å². The van der Waals surface area contributed by atoms with Gasteiger partial charge in [-0.05, 0) is 35.0 Å². The lowest BCUT2D eigenvalue weighted by molar-refractivity contribution is -0.114. The molecule has 0 atom stereocenters. The summed E-state index contributed by atoms with van der Waals surface area (Å²) in [6, 6.07) is 3.64. The summed E-state index contributed by atoms with van der Waals surface area (Å²) in [6.07, 6.45) is 1.64. The molecule has 1 rings (SSSR count). The molecule has 14 heavy (non-hydrogen) atoms. The Balaban J connectivity index is 3.01. The van der Waals surface area contributed by atoms with E-state index in [1.807, 2.05) is 6.07 Å². The average molecular weight is 255 g/mol. The molecule has 4 heteroatoms. The van der Waals surface area contributed by atoms with Crippen molar-refractivity contribution in [1.29, 1.82) is 0 Å². The molecule has 0 aliphatic heterocycles. The molecule has 0 spiro atoms. The van der Waals surface area contributed by atoms with E-state index in [1.54, 1.807) is 26.2 Å². The monoisotopic (exact) mass is 254 g/mol. The van der Waals surface area contributed by atoms with E-state index in [1.165, 1.54) is 4.90 Å². The molecular formula is C10H11BrN2O. The number of pyridine rings is 1. The zero-order chi connectivity index (χ0) is 10.7. The molecular weight excluding hydrogens is 244 g/mol. The normalized spacial score (nSPS) is 9.64. The highest BCUT2D eigenvalue weighted by atomic mass is 79.9. The Labute approximate surface area is 91.6 Å². The van der Waals surface area contributed by atoms with Crippen LogP contribution in [0, 0.1) is 0 Å². The van der Waals surface area contributed by atoms with E-state index >= 15 is 0 Å². The molecule has 0 saturated carbocycles. The summed E-state index contributed by atoms with van der Waals surface area (Å²) in [5, 5.41) is 0. The molecule has 1 aromatic rings. The lowest BCUT2D eigenvalue weighted by atomic mass is 10.3. The second-order valence-electron chi connectivity index (χ2n) is 2.95. The van der Waals surface area contributed by atoms with Crippen LogP contribution in [0.5, 0.6) is 0 Å². The zero-order valence-corrected chi connectivity index (χ0v) is 9.71. The van der Waals surface area contributed by atoms with Gasteiger partial charge in [-0.3, -0.25) is 9.69 Å². The number of aromatic nitrogens is 1. The Kier molecular flexibility index (Phi) is 3.41. The number of hydrogen-bond acceptors (Lipinski definition) is 2. The highest BCUT2D eigenvalue weighted by Gasteiger charge is 2.14. The van der Waals surface area contributed by atoms with Crippen LogP contribution in [0.25, 0.3) is 0 Å². The first-order valence-corrected chi connectivity index (χ1v) is 4.87. The number of carbonyl (C=O) groups is 1. The Bertz CT molecular complexity index is 376. The quantitative estimate of drug-likeness (QED) is 0.760. The minimum Gasteiger partial charge on any atom is -0.295 e. The summed E-state index contributed by atoms with van der Waals surface area (Å²) in [5.74, 6) is 0.463. The van der Waals surface area contributed by atoms with Crippen LogP contribution in [0.1, 0.15) is 6.92 Å². The molecule has 0 aliphatic rings. The molecule has 0 fully saturated rings. The molecule has 0 bridgehead atoms. The van der Waals surface area contributed by atoms with Gasteiger partial charge >= 0.3 is 0 Å². The summed E-state index contributed by atoms with van der Waals surface area (Å²) in [6.45, 7) is 5.27. The van der Waals surface area contributed by atoms with Gasteiger partial charge < -0.3 is 0 Å². The molecule has 0 saturated heterocycles. The van der Waals surface area contributed by atoms with Gasteiger partial charge in [0.25, 0.3) is 5.91 Å². The van der Waals surface area contributed by atoms with E-state index in [9.17, 15) is 4.79 Å². The number of nitrogens with zero attached hydrogens (tertiary/aromatic N) is 2. The van der Waals surface area contributed by atoms with Gasteiger partial charge in [-0.25, -0.2) is 4.98 Å². The lowest BCUT2D eigenvalue weighted by Crippen LogP contribution is -2.27. The predicted molar refractivity (Wildman–Crippen MR) is 60.2 cm³/mol. The van der Waals surface area contributed by atoms with Gasteiger partial charge in [0, 0.05) is 18.8 Å². The van der Waals surface area contributed by atoms with E-state index in [2.05, 4.69) is 27.5 Å². The largest absolute Gasteiger partial charge is 0.295 e. The van der Waals surface area contributed by atoms with Gasteiger partial charge in [0.15, 0.2) is 0 Å². The molecule has 74 valence electrons. The third-order valence-corrected chi connectivity index (χ3v) is 2.35. The maximum atomic E-state index is 11.6. The highest BCUT2D eigenvalue weighted by Crippen LogP contribution is 2.22. The Hall–Kier alpha value is -1.16. The summed E-state index contributed by atoms with van der Waals surface area (Å²) in [5.41, 5.74) is 0.491. The molecule has 1 heterocycles. The summed E-state index contributed by atoms with van der Waals surface area (Å²) < 4.78 is 0.789. The third kappa shape index (κ3) is 2.20. The van der Waals surface area contributed by atoms with Crippen LogP contribution in [0.3, 0.4) is 0 Å². The van der Waals surface area contributed by atoms with Gasteiger partial charge in [-0.15, -0.1) is 0 Å². The predicted octanol–water partition coefficient (Wildman–Crippen LogP) is 2.38. The van der Waals surface area contributed by atoms with E-state index in [-0.39, 0.29) is 5.91 Å². The van der Waals surface area contributed by atoms with Crippen molar-refractivity contribution in [3.05, 3.63) is 35.0 Å². The number of carbonyl (C=O) groups excluding carboxylic acids is 1. The standard InChI is InChI=1S/C10H11BrN2O/c1-7(2)10(14)13(3)9-8(11)5-4-6-12-9/h4-6H,1H2,2-3H3. The van der Waals surface area contributed by atoms with Crippen LogP contribution >= 0.6 is 15.9 Å². The highest BCUT2D eigenvalue weighted by molar-refractivity contribution is 9.10. The fraction of sp³-hybridized carbons (Fsp3) is 0.200. The first-order chi connectivity index (χ1) is 6.54. The van der Waals surface area contributed by atoms with E-state index in [0.717, 1.165) is 4.47 Å². The SMILES string of the molecule is C=C(C)C(=O)N(C)c1ncccc1Br. The number of anilines is 1. The van der Waals surface area contributed by atoms with Crippen LogP contribution in [-0.2, 0) is 4.79 Å². The average Bonchev–Trinajstić information content (AvgIpc) is 2.16. The summed E-state index contributed by atoms with van der Waals surface area (Å²) in [7, 11) is 1.67. The molecule has 3 nitrogen and oxygen atoms in total. The van der Waals surface area contributed by atoms with E-state index in [4.69, 9.17) is 0 Å². The minimum absolute atomic E-state index is 0.135. The van der Waals surface area contributed by atoms with Gasteiger partial charge in [0.2, 0.25) is 0 Å². The smallest absolute Gasteiger partial charge is 0.254 e. The maximum Gasteiger partial charge on any atom is 0.254 e. The van der Waals surface area contributed by atoms with Gasteiger partial charge in [-0.1, -0.05) is 6.58 Å². The van der Waals surface area contributed by atoms with Gasteiger partial charge in [-0.2, -0.15) is 0 Å². The van der Waals surface area contributed by atoms with Crippen molar-refractivity contribution < 1.29 is 4.79 Å². The van der Waals surface area contributed by atoms with Crippen molar-refractivity contribution in [1.82, 2.24) is 4.98 Å². The molecule has 1 aromatic heterocycles. The topological polar surface area (TPSA) is 33.2 Å². The van der Waals surface area contributed by atoms with Crippen LogP contribution in [0.4, 0.5) is 5.82 Å². The number of amides is 1. The van der Waals surface area contributed by atoms with Gasteiger partial charge in [0.1, 0.15) is 5.82 Å². The Morgan fingerprint density at radius 2 is 2.29 bits per heavy atom. The molecule has 0 aliphatic carbocycles. The van der Waals surface area contributed by atoms with Crippen molar-refractivity contribution in [3.63, 3.8) is 0 Å². The second-order valence-corrected chi connectivity index (χ2v) is 3.81. The summed E-state index contributed by atoms with van der Waals surface area (Å²) in [4.78, 5) is 17.1. The van der Waals surface area contributed by atoms with Crippen molar-refractivity contribution >= 4 is 27.7 Å². The first-order valence-electron chi connectivity index (χ1n) is 4.08. The molecule has 0 aromatic carbocycles. The number of halogens is 1. The Morgan fingerprint density at radius 3 is 2.79 bits per heavy atom. The Morgan fingerprint density at radius 1 is 1.64 bits per heavy atom. The fourth-order valence-corrected chi connectivity index (χ4v) is 1.53. The van der Waals surface area contributed by atoms with Crippen LogP contribution < -0.4 is 4.90 Å². The molecule has 0 N–H and O–H groups in total. The zero-order valence-electron chi connectivity index (χ0n) is 8.12. The van der Waals surface area contributed by atoms with E-state index in [0.29, 0.717) is 11.4 Å². The summed E-state index contributed by atoms with van der Waals surface area (Å²) >= 11 is 3.33. The van der Waals surface area contributed by atoms with Crippen LogP contribution in [-0.4, -0.2) is 17.9 Å². The second kappa shape index (κ2) is 4.37. The van der Waals surface area contributed by atoms with Crippen LogP contribution in [0.15, 0.2) is 35.0 Å². The fourth-order valence-electron chi connectivity index (χ4n) is 1.01. The molecule has 0 radical (unpaired) electrons. The van der Waals surface area contributed by atoms with Gasteiger partial charge in [0.05, 0.1) is 4.47 Å². The number of likely N-dealkylation sites (N-methyl/N-ethyl adjacent to an activating group) is 1. The maximum absolute atomic E-state index is 11.6. The third-order valence-electron chi connectivity index (χ3n) is 1.73. The first kappa shape index (κ1) is 10.9. The minimum atomic E-state index is -0.135. The van der Waals surface area contributed by atoms with Crippen molar-refractivity contribution in [2.24, 2.45) is 0 Å². The number of rotatable bonds is 2. The van der Waals surface area contributed by atoms with Crippen LogP contribution in [0.2, 0.25) is 0 Å². The number of hydrogen-bond donors (Lipinski definition) is 0. The lowest BCUT2D eigenvalue weighted by Gasteiger charge is -2.16.